The Hall–Kier alpha value is -2.51. The highest BCUT2D eigenvalue weighted by atomic mass is 35.5. The van der Waals surface area contributed by atoms with Crippen molar-refractivity contribution < 1.29 is 14.3 Å². The number of phenolic OH excluding ortho intramolecular Hbond substituents is 1. The molecule has 0 aliphatic heterocycles. The van der Waals surface area contributed by atoms with Gasteiger partial charge in [0.15, 0.2) is 0 Å². The molecular weight excluding hydrogens is 350 g/mol. The van der Waals surface area contributed by atoms with Gasteiger partial charge in [0.25, 0.3) is 11.1 Å². The van der Waals surface area contributed by atoms with Crippen molar-refractivity contribution in [3.05, 3.63) is 53.6 Å². The maximum absolute atomic E-state index is 11.9. The second-order valence-electron chi connectivity index (χ2n) is 4.74. The summed E-state index contributed by atoms with van der Waals surface area (Å²) in [5, 5.41) is 21.0. The van der Waals surface area contributed by atoms with Gasteiger partial charge in [-0.1, -0.05) is 41.6 Å². The standard InChI is InChI=1S/C16H12ClN3O3S/c17-10-4-3-5-11(8-10)18-14(22)9-24-16-20-19-15(23-16)12-6-1-2-7-13(12)21/h1-8,21H,9H2,(H,18,22). The summed E-state index contributed by atoms with van der Waals surface area (Å²) in [6.45, 7) is 0. The van der Waals surface area contributed by atoms with Crippen LogP contribution in [0.25, 0.3) is 11.5 Å². The van der Waals surface area contributed by atoms with E-state index in [1.807, 2.05) is 0 Å². The van der Waals surface area contributed by atoms with E-state index in [0.29, 0.717) is 16.3 Å². The van der Waals surface area contributed by atoms with E-state index in [4.69, 9.17) is 16.0 Å². The first-order valence-electron chi connectivity index (χ1n) is 6.92. The van der Waals surface area contributed by atoms with Crippen LogP contribution >= 0.6 is 23.4 Å². The van der Waals surface area contributed by atoms with Gasteiger partial charge >= 0.3 is 0 Å². The molecule has 0 aliphatic rings. The first kappa shape index (κ1) is 16.4. The molecule has 3 aromatic rings. The topological polar surface area (TPSA) is 88.2 Å². The lowest BCUT2D eigenvalue weighted by Crippen LogP contribution is -2.13. The second kappa shape index (κ2) is 7.37. The largest absolute Gasteiger partial charge is 0.507 e. The molecule has 1 heterocycles. The fourth-order valence-corrected chi connectivity index (χ4v) is 2.68. The second-order valence-corrected chi connectivity index (χ2v) is 6.10. The van der Waals surface area contributed by atoms with Crippen LogP contribution in [0.15, 0.2) is 58.2 Å². The predicted molar refractivity (Wildman–Crippen MR) is 92.2 cm³/mol. The lowest BCUT2D eigenvalue weighted by atomic mass is 10.2. The summed E-state index contributed by atoms with van der Waals surface area (Å²) in [6, 6.07) is 13.5. The van der Waals surface area contributed by atoms with Crippen LogP contribution in [0.4, 0.5) is 5.69 Å². The molecule has 6 nitrogen and oxygen atoms in total. The summed E-state index contributed by atoms with van der Waals surface area (Å²) >= 11 is 6.97. The molecule has 0 bridgehead atoms. The summed E-state index contributed by atoms with van der Waals surface area (Å²) in [5.74, 6) is 0.140. The number of nitrogens with one attached hydrogen (secondary N) is 1. The van der Waals surface area contributed by atoms with Crippen molar-refractivity contribution >= 4 is 35.0 Å². The van der Waals surface area contributed by atoms with E-state index in [1.165, 1.54) is 6.07 Å². The number of aromatic hydroxyl groups is 1. The highest BCUT2D eigenvalue weighted by Crippen LogP contribution is 2.29. The fourth-order valence-electron chi connectivity index (χ4n) is 1.92. The van der Waals surface area contributed by atoms with Crippen molar-refractivity contribution in [1.82, 2.24) is 10.2 Å². The van der Waals surface area contributed by atoms with Crippen molar-refractivity contribution in [3.63, 3.8) is 0 Å². The normalized spacial score (nSPS) is 10.5. The highest BCUT2D eigenvalue weighted by molar-refractivity contribution is 7.99. The Labute approximate surface area is 146 Å². The predicted octanol–water partition coefficient (Wildman–Crippen LogP) is 3.83. The van der Waals surface area contributed by atoms with Crippen molar-refractivity contribution in [1.29, 1.82) is 0 Å². The average Bonchev–Trinajstić information content (AvgIpc) is 3.02. The third kappa shape index (κ3) is 4.06. The van der Waals surface area contributed by atoms with Crippen LogP contribution in [0.1, 0.15) is 0 Å². The molecule has 122 valence electrons. The van der Waals surface area contributed by atoms with Crippen LogP contribution < -0.4 is 5.32 Å². The number of hydrogen-bond acceptors (Lipinski definition) is 6. The number of benzene rings is 2. The SMILES string of the molecule is O=C(CSc1nnc(-c2ccccc2O)o1)Nc1cccc(Cl)c1. The Bertz CT molecular complexity index is 869. The van der Waals surface area contributed by atoms with Crippen LogP contribution in [0, 0.1) is 0 Å². The number of amides is 1. The zero-order valence-electron chi connectivity index (χ0n) is 12.3. The van der Waals surface area contributed by atoms with Gasteiger partial charge in [-0.05, 0) is 30.3 Å². The molecule has 0 saturated heterocycles. The van der Waals surface area contributed by atoms with Crippen LogP contribution in [-0.4, -0.2) is 27.0 Å². The van der Waals surface area contributed by atoms with Crippen LogP contribution in [0.2, 0.25) is 5.02 Å². The monoisotopic (exact) mass is 361 g/mol. The zero-order chi connectivity index (χ0) is 16.9. The molecule has 1 amide bonds. The average molecular weight is 362 g/mol. The van der Waals surface area contributed by atoms with Crippen LogP contribution in [0.5, 0.6) is 5.75 Å². The number of carbonyl (C=O) groups excluding carboxylic acids is 1. The number of aromatic nitrogens is 2. The zero-order valence-corrected chi connectivity index (χ0v) is 13.8. The minimum Gasteiger partial charge on any atom is -0.507 e. The molecule has 1 aromatic heterocycles. The number of anilines is 1. The number of nitrogens with zero attached hydrogens (tertiary/aromatic N) is 2. The maximum atomic E-state index is 11.9. The van der Waals surface area contributed by atoms with Gasteiger partial charge in [0.1, 0.15) is 5.75 Å². The Morgan fingerprint density at radius 2 is 2.04 bits per heavy atom. The van der Waals surface area contributed by atoms with Crippen LogP contribution in [-0.2, 0) is 4.79 Å². The molecule has 2 aromatic carbocycles. The van der Waals surface area contributed by atoms with Crippen molar-refractivity contribution in [2.45, 2.75) is 5.22 Å². The van der Waals surface area contributed by atoms with Gasteiger partial charge in [0, 0.05) is 10.7 Å². The number of carbonyl (C=O) groups is 1. The Morgan fingerprint density at radius 3 is 2.83 bits per heavy atom. The lowest BCUT2D eigenvalue weighted by Gasteiger charge is -2.03. The van der Waals surface area contributed by atoms with E-state index in [1.54, 1.807) is 42.5 Å². The van der Waals surface area contributed by atoms with E-state index < -0.39 is 0 Å². The quantitative estimate of drug-likeness (QED) is 0.671. The van der Waals surface area contributed by atoms with Crippen molar-refractivity contribution in [2.75, 3.05) is 11.1 Å². The summed E-state index contributed by atoms with van der Waals surface area (Å²) in [6.07, 6.45) is 0. The maximum Gasteiger partial charge on any atom is 0.277 e. The molecule has 0 fully saturated rings. The fraction of sp³-hybridized carbons (Fsp3) is 0.0625. The van der Waals surface area contributed by atoms with Gasteiger partial charge in [-0.3, -0.25) is 4.79 Å². The third-order valence-electron chi connectivity index (χ3n) is 2.98. The van der Waals surface area contributed by atoms with E-state index in [-0.39, 0.29) is 28.5 Å². The molecule has 0 radical (unpaired) electrons. The number of halogens is 1. The van der Waals surface area contributed by atoms with Crippen LogP contribution in [0.3, 0.4) is 0 Å². The van der Waals surface area contributed by atoms with Gasteiger partial charge in [0.2, 0.25) is 5.91 Å². The lowest BCUT2D eigenvalue weighted by molar-refractivity contribution is -0.113. The first-order chi connectivity index (χ1) is 11.6. The molecule has 0 aliphatic carbocycles. The van der Waals surface area contributed by atoms with E-state index in [0.717, 1.165) is 11.8 Å². The Kier molecular flexibility index (Phi) is 5.02. The molecule has 2 N–H and O–H groups in total. The summed E-state index contributed by atoms with van der Waals surface area (Å²) in [4.78, 5) is 11.9. The van der Waals surface area contributed by atoms with E-state index in [9.17, 15) is 9.90 Å². The van der Waals surface area contributed by atoms with E-state index in [2.05, 4.69) is 15.5 Å². The van der Waals surface area contributed by atoms with Gasteiger partial charge < -0.3 is 14.8 Å². The smallest absolute Gasteiger partial charge is 0.277 e. The van der Waals surface area contributed by atoms with Gasteiger partial charge in [-0.25, -0.2) is 0 Å². The molecule has 8 heteroatoms. The van der Waals surface area contributed by atoms with Crippen molar-refractivity contribution in [2.24, 2.45) is 0 Å². The number of rotatable bonds is 5. The molecule has 0 atom stereocenters. The molecular formula is C16H12ClN3O3S. The minimum absolute atomic E-state index is 0.0522. The number of phenols is 1. The minimum atomic E-state index is -0.218. The molecule has 3 rings (SSSR count). The first-order valence-corrected chi connectivity index (χ1v) is 8.28. The van der Waals surface area contributed by atoms with Gasteiger partial charge in [-0.2, -0.15) is 0 Å². The Morgan fingerprint density at radius 1 is 1.21 bits per heavy atom. The summed E-state index contributed by atoms with van der Waals surface area (Å²) in [5.41, 5.74) is 1.06. The van der Waals surface area contributed by atoms with Gasteiger partial charge in [0.05, 0.1) is 11.3 Å². The molecule has 0 spiro atoms. The summed E-state index contributed by atoms with van der Waals surface area (Å²) < 4.78 is 5.45. The molecule has 0 unspecified atom stereocenters. The summed E-state index contributed by atoms with van der Waals surface area (Å²) in [7, 11) is 0. The third-order valence-corrected chi connectivity index (χ3v) is 4.03. The molecule has 0 saturated carbocycles. The number of para-hydroxylation sites is 1. The number of hydrogen-bond donors (Lipinski definition) is 2. The van der Waals surface area contributed by atoms with E-state index >= 15 is 0 Å². The highest BCUT2D eigenvalue weighted by Gasteiger charge is 2.13. The Balaban J connectivity index is 1.59. The van der Waals surface area contributed by atoms with Gasteiger partial charge in [-0.15, -0.1) is 10.2 Å². The van der Waals surface area contributed by atoms with Crippen molar-refractivity contribution in [3.8, 4) is 17.2 Å². The number of thioether (sulfide) groups is 1. The molecule has 24 heavy (non-hydrogen) atoms.